The van der Waals surface area contributed by atoms with E-state index >= 15 is 0 Å². The first-order valence-electron chi connectivity index (χ1n) is 9.50. The molecule has 0 fully saturated rings. The molecule has 4 N–H and O–H groups in total. The number of hydrogen-bond donors (Lipinski definition) is 3. The Morgan fingerprint density at radius 3 is 2.25 bits per heavy atom. The normalized spacial score (nSPS) is 15.8. The van der Waals surface area contributed by atoms with Crippen LogP contribution in [-0.4, -0.2) is 41.6 Å². The lowest BCUT2D eigenvalue weighted by molar-refractivity contribution is -0.187. The van der Waals surface area contributed by atoms with Crippen LogP contribution in [0.5, 0.6) is 0 Å². The zero-order valence-corrected chi connectivity index (χ0v) is 17.4. The van der Waals surface area contributed by atoms with Crippen LogP contribution >= 0.6 is 0 Å². The fourth-order valence-corrected chi connectivity index (χ4v) is 4.17. The summed E-state index contributed by atoms with van der Waals surface area (Å²) in [7, 11) is 1.50. The summed E-state index contributed by atoms with van der Waals surface area (Å²) in [6, 6.07) is 8.79. The number of rotatable bonds is 10. The number of hydrogen-bond acceptors (Lipinski definition) is 4. The standard InChI is InChI=1S/C21H33N3O4/c1-15(24(28)14-25)21(19(22)27,17(18(26)23-5)20(2,3)4)13-9-12-16-10-7-6-8-11-16/h6-8,10-11,14-15,17,28H,9,12-13H2,1-5H3,(H2,22,27)(H,23,26)/t15-,17+,21?/m0/s1. The van der Waals surface area contributed by atoms with Gasteiger partial charge in [0.25, 0.3) is 0 Å². The van der Waals surface area contributed by atoms with E-state index in [0.29, 0.717) is 17.9 Å². The zero-order chi connectivity index (χ0) is 21.5. The Hall–Kier alpha value is -2.41. The number of hydroxylamine groups is 2. The molecule has 1 unspecified atom stereocenters. The maximum atomic E-state index is 12.9. The predicted molar refractivity (Wildman–Crippen MR) is 107 cm³/mol. The smallest absolute Gasteiger partial charge is 0.233 e. The second kappa shape index (κ2) is 9.68. The van der Waals surface area contributed by atoms with E-state index in [0.717, 1.165) is 5.56 Å². The number of nitrogens with zero attached hydrogens (tertiary/aromatic N) is 1. The van der Waals surface area contributed by atoms with Crippen molar-refractivity contribution < 1.29 is 19.6 Å². The third-order valence-electron chi connectivity index (χ3n) is 5.50. The lowest BCUT2D eigenvalue weighted by atomic mass is 9.57. The molecule has 0 aromatic heterocycles. The van der Waals surface area contributed by atoms with E-state index in [9.17, 15) is 19.6 Å². The minimum absolute atomic E-state index is 0.239. The van der Waals surface area contributed by atoms with Gasteiger partial charge < -0.3 is 11.1 Å². The van der Waals surface area contributed by atoms with E-state index in [1.165, 1.54) is 7.05 Å². The van der Waals surface area contributed by atoms with Crippen LogP contribution in [0.15, 0.2) is 30.3 Å². The number of carbonyl (C=O) groups is 3. The van der Waals surface area contributed by atoms with E-state index in [4.69, 9.17) is 5.73 Å². The van der Waals surface area contributed by atoms with Crippen LogP contribution in [0.1, 0.15) is 46.1 Å². The fourth-order valence-electron chi connectivity index (χ4n) is 4.17. The van der Waals surface area contributed by atoms with E-state index in [2.05, 4.69) is 5.32 Å². The van der Waals surface area contributed by atoms with Gasteiger partial charge in [0.1, 0.15) is 0 Å². The van der Waals surface area contributed by atoms with E-state index in [-0.39, 0.29) is 18.7 Å². The molecule has 0 spiro atoms. The largest absolute Gasteiger partial charge is 0.369 e. The number of nitrogens with two attached hydrogens (primary N) is 1. The lowest BCUT2D eigenvalue weighted by Crippen LogP contribution is -2.62. The summed E-state index contributed by atoms with van der Waals surface area (Å²) in [6.07, 6.45) is 1.73. The SMILES string of the molecule is CNC(=O)[C@H](C(C)(C)C)C(CCCc1ccccc1)(C(N)=O)[C@H](C)N(O)C=O. The number of carbonyl (C=O) groups excluding carboxylic acids is 3. The molecule has 3 amide bonds. The van der Waals surface area contributed by atoms with E-state index in [1.807, 2.05) is 51.1 Å². The van der Waals surface area contributed by atoms with Crippen LogP contribution in [0.25, 0.3) is 0 Å². The summed E-state index contributed by atoms with van der Waals surface area (Å²) in [6.45, 7) is 7.08. The summed E-state index contributed by atoms with van der Waals surface area (Å²) in [5.74, 6) is -1.91. The second-order valence-corrected chi connectivity index (χ2v) is 8.32. The molecule has 3 atom stereocenters. The van der Waals surface area contributed by atoms with Crippen molar-refractivity contribution in [3.05, 3.63) is 35.9 Å². The Kier molecular flexibility index (Phi) is 8.17. The fraction of sp³-hybridized carbons (Fsp3) is 0.571. The molecule has 0 radical (unpaired) electrons. The van der Waals surface area contributed by atoms with Gasteiger partial charge >= 0.3 is 0 Å². The van der Waals surface area contributed by atoms with Crippen LogP contribution in [-0.2, 0) is 20.8 Å². The molecule has 1 aromatic rings. The number of amides is 3. The molecule has 0 aliphatic carbocycles. The van der Waals surface area contributed by atoms with Crippen molar-refractivity contribution >= 4 is 18.2 Å². The van der Waals surface area contributed by atoms with Crippen molar-refractivity contribution in [1.82, 2.24) is 10.4 Å². The highest BCUT2D eigenvalue weighted by atomic mass is 16.5. The second-order valence-electron chi connectivity index (χ2n) is 8.32. The first-order chi connectivity index (χ1) is 13.0. The van der Waals surface area contributed by atoms with Gasteiger partial charge in [-0.2, -0.15) is 0 Å². The van der Waals surface area contributed by atoms with E-state index < -0.39 is 28.7 Å². The molecule has 1 aromatic carbocycles. The Balaban J connectivity index is 3.41. The van der Waals surface area contributed by atoms with Gasteiger partial charge in [-0.1, -0.05) is 51.1 Å². The van der Waals surface area contributed by atoms with Crippen molar-refractivity contribution in [1.29, 1.82) is 0 Å². The highest BCUT2D eigenvalue weighted by Gasteiger charge is 2.56. The lowest BCUT2D eigenvalue weighted by Gasteiger charge is -2.48. The number of aryl methyl sites for hydroxylation is 1. The van der Waals surface area contributed by atoms with E-state index in [1.54, 1.807) is 6.92 Å². The molecular weight excluding hydrogens is 358 g/mol. The first kappa shape index (κ1) is 23.6. The average molecular weight is 392 g/mol. The topological polar surface area (TPSA) is 113 Å². The van der Waals surface area contributed by atoms with Crippen LogP contribution in [0.4, 0.5) is 0 Å². The molecule has 0 aliphatic heterocycles. The van der Waals surface area contributed by atoms with Gasteiger partial charge in [-0.25, -0.2) is 5.06 Å². The number of primary amides is 1. The minimum Gasteiger partial charge on any atom is -0.369 e. The highest BCUT2D eigenvalue weighted by Crippen LogP contribution is 2.47. The van der Waals surface area contributed by atoms with Crippen LogP contribution in [0, 0.1) is 16.7 Å². The maximum Gasteiger partial charge on any atom is 0.233 e. The summed E-state index contributed by atoms with van der Waals surface area (Å²) >= 11 is 0. The predicted octanol–water partition coefficient (Wildman–Crippen LogP) is 2.13. The Bertz CT molecular complexity index is 672. The van der Waals surface area contributed by atoms with Crippen molar-refractivity contribution in [3.8, 4) is 0 Å². The Labute approximate surface area is 167 Å². The van der Waals surface area contributed by atoms with Crippen molar-refractivity contribution in [2.75, 3.05) is 7.05 Å². The van der Waals surface area contributed by atoms with Gasteiger partial charge in [0.2, 0.25) is 18.2 Å². The van der Waals surface area contributed by atoms with Crippen LogP contribution in [0.2, 0.25) is 0 Å². The third-order valence-corrected chi connectivity index (χ3v) is 5.50. The number of nitrogens with one attached hydrogen (secondary N) is 1. The summed E-state index contributed by atoms with van der Waals surface area (Å²) < 4.78 is 0. The molecule has 0 aliphatic rings. The molecule has 156 valence electrons. The molecule has 1 rings (SSSR count). The maximum absolute atomic E-state index is 12.9. The average Bonchev–Trinajstić information content (AvgIpc) is 2.65. The van der Waals surface area contributed by atoms with Gasteiger partial charge in [-0.15, -0.1) is 0 Å². The number of benzene rings is 1. The minimum atomic E-state index is -1.44. The highest BCUT2D eigenvalue weighted by molar-refractivity contribution is 5.91. The van der Waals surface area contributed by atoms with Gasteiger partial charge in [-0.3, -0.25) is 19.6 Å². The molecule has 0 saturated heterocycles. The monoisotopic (exact) mass is 391 g/mol. The Morgan fingerprint density at radius 2 is 1.82 bits per heavy atom. The quantitative estimate of drug-likeness (QED) is 0.322. The molecule has 28 heavy (non-hydrogen) atoms. The molecule has 0 bridgehead atoms. The summed E-state index contributed by atoms with van der Waals surface area (Å²) in [4.78, 5) is 36.9. The molecule has 7 nitrogen and oxygen atoms in total. The van der Waals surface area contributed by atoms with Gasteiger partial charge in [-0.05, 0) is 37.2 Å². The van der Waals surface area contributed by atoms with Gasteiger partial charge in [0.05, 0.1) is 17.4 Å². The third kappa shape index (κ3) is 5.10. The molecule has 7 heteroatoms. The van der Waals surface area contributed by atoms with Crippen molar-refractivity contribution in [3.63, 3.8) is 0 Å². The molecular formula is C21H33N3O4. The van der Waals surface area contributed by atoms with Gasteiger partial charge in [0, 0.05) is 7.05 Å². The zero-order valence-electron chi connectivity index (χ0n) is 17.4. The summed E-state index contributed by atoms with van der Waals surface area (Å²) in [5.41, 5.74) is 4.88. The molecule has 0 heterocycles. The van der Waals surface area contributed by atoms with Crippen molar-refractivity contribution in [2.45, 2.75) is 53.0 Å². The van der Waals surface area contributed by atoms with Crippen LogP contribution in [0.3, 0.4) is 0 Å². The van der Waals surface area contributed by atoms with Gasteiger partial charge in [0.15, 0.2) is 0 Å². The Morgan fingerprint density at radius 1 is 1.25 bits per heavy atom. The van der Waals surface area contributed by atoms with Crippen LogP contribution < -0.4 is 11.1 Å². The summed E-state index contributed by atoms with van der Waals surface area (Å²) in [5, 5.41) is 13.2. The first-order valence-corrected chi connectivity index (χ1v) is 9.50. The van der Waals surface area contributed by atoms with Crippen molar-refractivity contribution in [2.24, 2.45) is 22.5 Å². The molecule has 0 saturated carbocycles.